The van der Waals surface area contributed by atoms with Gasteiger partial charge in [0, 0.05) is 19.0 Å². The molecular formula is C16H24N2O. The molecule has 0 aliphatic carbocycles. The molecule has 3 nitrogen and oxygen atoms in total. The number of nitrogens with zero attached hydrogens (tertiary/aromatic N) is 1. The van der Waals surface area contributed by atoms with Crippen LogP contribution in [0.5, 0.6) is 0 Å². The standard InChI is InChI=1S/C16H24N2O/c1-3-8-13(4-2)17-14-9-5-6-10-15(14)18-12-7-11-16(18)19/h5-6,9-10,13,17H,3-4,7-8,11-12H2,1-2H3. The van der Waals surface area contributed by atoms with Crippen LogP contribution in [-0.2, 0) is 4.79 Å². The van der Waals surface area contributed by atoms with Gasteiger partial charge in [0.05, 0.1) is 11.4 Å². The molecule has 1 atom stereocenters. The summed E-state index contributed by atoms with van der Waals surface area (Å²) in [5.74, 6) is 0.248. The lowest BCUT2D eigenvalue weighted by Gasteiger charge is -2.24. The fraction of sp³-hybridized carbons (Fsp3) is 0.562. The van der Waals surface area contributed by atoms with Crippen LogP contribution in [0.2, 0.25) is 0 Å². The first-order valence-corrected chi connectivity index (χ1v) is 7.42. The minimum atomic E-state index is 0.248. The molecular weight excluding hydrogens is 236 g/mol. The van der Waals surface area contributed by atoms with Crippen molar-refractivity contribution in [3.63, 3.8) is 0 Å². The number of amides is 1. The summed E-state index contributed by atoms with van der Waals surface area (Å²) in [6.07, 6.45) is 5.10. The molecule has 0 radical (unpaired) electrons. The van der Waals surface area contributed by atoms with Gasteiger partial charge in [0.25, 0.3) is 0 Å². The maximum atomic E-state index is 11.9. The lowest BCUT2D eigenvalue weighted by atomic mass is 10.1. The summed E-state index contributed by atoms with van der Waals surface area (Å²) in [5.41, 5.74) is 2.14. The summed E-state index contributed by atoms with van der Waals surface area (Å²) in [6, 6.07) is 8.66. The first kappa shape index (κ1) is 13.9. The van der Waals surface area contributed by atoms with Crippen molar-refractivity contribution >= 4 is 17.3 Å². The Balaban J connectivity index is 2.18. The van der Waals surface area contributed by atoms with E-state index in [9.17, 15) is 4.79 Å². The van der Waals surface area contributed by atoms with Crippen molar-refractivity contribution in [1.29, 1.82) is 0 Å². The van der Waals surface area contributed by atoms with Crippen molar-refractivity contribution in [3.8, 4) is 0 Å². The van der Waals surface area contributed by atoms with Gasteiger partial charge < -0.3 is 10.2 Å². The maximum absolute atomic E-state index is 11.9. The summed E-state index contributed by atoms with van der Waals surface area (Å²) in [5, 5.41) is 3.60. The fourth-order valence-corrected chi connectivity index (χ4v) is 2.68. The van der Waals surface area contributed by atoms with Gasteiger partial charge in [-0.1, -0.05) is 32.4 Å². The van der Waals surface area contributed by atoms with Crippen molar-refractivity contribution in [2.75, 3.05) is 16.8 Å². The lowest BCUT2D eigenvalue weighted by molar-refractivity contribution is -0.117. The first-order valence-electron chi connectivity index (χ1n) is 7.42. The third-order valence-electron chi connectivity index (χ3n) is 3.76. The van der Waals surface area contributed by atoms with Gasteiger partial charge in [-0.2, -0.15) is 0 Å². The molecule has 1 aliphatic heterocycles. The lowest BCUT2D eigenvalue weighted by Crippen LogP contribution is -2.26. The number of carbonyl (C=O) groups is 1. The van der Waals surface area contributed by atoms with Crippen LogP contribution >= 0.6 is 0 Å². The predicted molar refractivity (Wildman–Crippen MR) is 80.6 cm³/mol. The Kier molecular flexibility index (Phi) is 4.83. The molecule has 0 saturated carbocycles. The van der Waals surface area contributed by atoms with Crippen LogP contribution in [-0.4, -0.2) is 18.5 Å². The molecule has 0 bridgehead atoms. The highest BCUT2D eigenvalue weighted by Gasteiger charge is 2.24. The van der Waals surface area contributed by atoms with E-state index in [1.54, 1.807) is 0 Å². The fourth-order valence-electron chi connectivity index (χ4n) is 2.68. The van der Waals surface area contributed by atoms with E-state index in [0.29, 0.717) is 12.5 Å². The predicted octanol–water partition coefficient (Wildman–Crippen LogP) is 3.80. The van der Waals surface area contributed by atoms with Crippen LogP contribution < -0.4 is 10.2 Å². The van der Waals surface area contributed by atoms with Crippen LogP contribution in [0.4, 0.5) is 11.4 Å². The Morgan fingerprint density at radius 3 is 2.74 bits per heavy atom. The number of hydrogen-bond acceptors (Lipinski definition) is 2. The molecule has 2 rings (SSSR count). The second-order valence-electron chi connectivity index (χ2n) is 5.20. The van der Waals surface area contributed by atoms with E-state index in [-0.39, 0.29) is 5.91 Å². The van der Waals surface area contributed by atoms with Gasteiger partial charge in [-0.25, -0.2) is 0 Å². The highest BCUT2D eigenvalue weighted by Crippen LogP contribution is 2.30. The number of carbonyl (C=O) groups excluding carboxylic acids is 1. The van der Waals surface area contributed by atoms with E-state index in [4.69, 9.17) is 0 Å². The zero-order valence-corrected chi connectivity index (χ0v) is 12.0. The van der Waals surface area contributed by atoms with Gasteiger partial charge in [0.15, 0.2) is 0 Å². The first-order chi connectivity index (χ1) is 9.26. The molecule has 1 saturated heterocycles. The minimum Gasteiger partial charge on any atom is -0.381 e. The van der Waals surface area contributed by atoms with Crippen molar-refractivity contribution in [3.05, 3.63) is 24.3 Å². The van der Waals surface area contributed by atoms with E-state index in [1.807, 2.05) is 23.1 Å². The Bertz CT molecular complexity index is 431. The zero-order valence-electron chi connectivity index (χ0n) is 12.0. The Morgan fingerprint density at radius 1 is 1.32 bits per heavy atom. The summed E-state index contributed by atoms with van der Waals surface area (Å²) in [4.78, 5) is 13.8. The van der Waals surface area contributed by atoms with Gasteiger partial charge in [-0.05, 0) is 31.4 Å². The van der Waals surface area contributed by atoms with E-state index in [2.05, 4.69) is 25.2 Å². The molecule has 0 spiro atoms. The molecule has 1 aromatic carbocycles. The van der Waals surface area contributed by atoms with Crippen LogP contribution in [0.3, 0.4) is 0 Å². The van der Waals surface area contributed by atoms with Crippen LogP contribution in [0.15, 0.2) is 24.3 Å². The third-order valence-corrected chi connectivity index (χ3v) is 3.76. The second-order valence-corrected chi connectivity index (χ2v) is 5.20. The normalized spacial score (nSPS) is 16.7. The number of hydrogen-bond donors (Lipinski definition) is 1. The largest absolute Gasteiger partial charge is 0.381 e. The third kappa shape index (κ3) is 3.28. The van der Waals surface area contributed by atoms with Crippen LogP contribution in [0.1, 0.15) is 46.0 Å². The van der Waals surface area contributed by atoms with Crippen LogP contribution in [0, 0.1) is 0 Å². The molecule has 1 aromatic rings. The molecule has 0 aromatic heterocycles. The molecule has 3 heteroatoms. The summed E-state index contributed by atoms with van der Waals surface area (Å²) in [6.45, 7) is 5.26. The zero-order chi connectivity index (χ0) is 13.7. The van der Waals surface area contributed by atoms with Gasteiger partial charge in [-0.3, -0.25) is 4.79 Å². The smallest absolute Gasteiger partial charge is 0.227 e. The molecule has 1 unspecified atom stereocenters. The monoisotopic (exact) mass is 260 g/mol. The number of nitrogens with one attached hydrogen (secondary N) is 1. The Labute approximate surface area is 116 Å². The van der Waals surface area contributed by atoms with E-state index in [0.717, 1.165) is 30.8 Å². The van der Waals surface area contributed by atoms with Crippen molar-refractivity contribution < 1.29 is 4.79 Å². The van der Waals surface area contributed by atoms with E-state index >= 15 is 0 Å². The molecule has 19 heavy (non-hydrogen) atoms. The molecule has 1 N–H and O–H groups in total. The molecule has 104 valence electrons. The highest BCUT2D eigenvalue weighted by atomic mass is 16.2. The number of benzene rings is 1. The summed E-state index contributed by atoms with van der Waals surface area (Å²) >= 11 is 0. The molecule has 1 aliphatic rings. The van der Waals surface area contributed by atoms with Crippen molar-refractivity contribution in [1.82, 2.24) is 0 Å². The van der Waals surface area contributed by atoms with Crippen molar-refractivity contribution in [2.24, 2.45) is 0 Å². The Hall–Kier alpha value is -1.51. The average molecular weight is 260 g/mol. The molecule has 1 heterocycles. The van der Waals surface area contributed by atoms with Crippen LogP contribution in [0.25, 0.3) is 0 Å². The van der Waals surface area contributed by atoms with Gasteiger partial charge in [0.2, 0.25) is 5.91 Å². The van der Waals surface area contributed by atoms with E-state index < -0.39 is 0 Å². The number of anilines is 2. The highest BCUT2D eigenvalue weighted by molar-refractivity contribution is 5.98. The minimum absolute atomic E-state index is 0.248. The van der Waals surface area contributed by atoms with E-state index in [1.165, 1.54) is 12.8 Å². The SMILES string of the molecule is CCCC(CC)Nc1ccccc1N1CCCC1=O. The number of para-hydroxylation sites is 2. The van der Waals surface area contributed by atoms with Gasteiger partial charge in [0.1, 0.15) is 0 Å². The quantitative estimate of drug-likeness (QED) is 0.843. The second kappa shape index (κ2) is 6.60. The Morgan fingerprint density at radius 2 is 2.11 bits per heavy atom. The maximum Gasteiger partial charge on any atom is 0.227 e. The van der Waals surface area contributed by atoms with Gasteiger partial charge >= 0.3 is 0 Å². The van der Waals surface area contributed by atoms with Crippen molar-refractivity contribution in [2.45, 2.75) is 52.0 Å². The average Bonchev–Trinajstić information content (AvgIpc) is 2.85. The summed E-state index contributed by atoms with van der Waals surface area (Å²) in [7, 11) is 0. The van der Waals surface area contributed by atoms with Gasteiger partial charge in [-0.15, -0.1) is 0 Å². The molecule has 1 amide bonds. The number of rotatable bonds is 6. The topological polar surface area (TPSA) is 32.3 Å². The summed E-state index contributed by atoms with van der Waals surface area (Å²) < 4.78 is 0. The molecule has 1 fully saturated rings.